The van der Waals surface area contributed by atoms with Crippen molar-refractivity contribution >= 4 is 47.2 Å². The van der Waals surface area contributed by atoms with E-state index in [1.807, 2.05) is 0 Å². The van der Waals surface area contributed by atoms with Gasteiger partial charge in [0, 0.05) is 68.6 Å². The minimum Gasteiger partial charge on any atom is -0.462 e. The SMILES string of the molecule is CC(=O)O[C@@H]1[C@H]2[C@H]3[C@H]([C@H](OC(C)=O)[C@H](OC(C)=O)[C@]2(C)[C@@H]2[C@@H]1[C@]1(C)C(=C[C@H]2C)OC(=O)[C@@]1(C)O)[C@@]1(C)[C@@H](O)[C@@H](OC(C)=O)[C@H](Cl)C[C@]1(O)C(=O)[C@@H]3O. The second-order valence-electron chi connectivity index (χ2n) is 16.5. The first-order chi connectivity index (χ1) is 23.8. The molecule has 16 heteroatoms. The van der Waals surface area contributed by atoms with Gasteiger partial charge in [-0.2, -0.15) is 0 Å². The fourth-order valence-corrected chi connectivity index (χ4v) is 12.3. The van der Waals surface area contributed by atoms with E-state index < -0.39 is 147 Å². The zero-order valence-electron chi connectivity index (χ0n) is 30.4. The van der Waals surface area contributed by atoms with Crippen LogP contribution in [-0.2, 0) is 52.5 Å². The van der Waals surface area contributed by atoms with Gasteiger partial charge in [-0.1, -0.05) is 20.8 Å². The molecule has 18 atom stereocenters. The second-order valence-corrected chi connectivity index (χ2v) is 17.0. The lowest BCUT2D eigenvalue weighted by Gasteiger charge is -2.68. The van der Waals surface area contributed by atoms with E-state index in [9.17, 15) is 49.2 Å². The summed E-state index contributed by atoms with van der Waals surface area (Å²) in [6.45, 7) is 12.1. The van der Waals surface area contributed by atoms with Crippen LogP contribution in [0.3, 0.4) is 0 Å². The number of ether oxygens (including phenoxy) is 5. The average molecular weight is 755 g/mol. The van der Waals surface area contributed by atoms with Crippen molar-refractivity contribution in [2.24, 2.45) is 51.8 Å². The standard InChI is InChI=1S/C36H47ClO15/c1-12-10-18-33(7,35(9,46)31(45)52-18)23-20(12)32(6)21(26(23)49-14(3)39)19-22(27(50-15(4)40)30(32)51-16(5)41)34(8)29(44)25(48-13(2)38)17(37)11-36(34,47)28(43)24(19)42/h10,12,17,19-27,29-30,42,44,46-47H,11H2,1-9H3/t12-,17-,19+,20+,21-,22-,23+,24-,25+,26-,27+,29+,30+,32-,33+,34+,35-,36+/m1/s1. The summed E-state index contributed by atoms with van der Waals surface area (Å²) in [5.41, 5.74) is -10.0. The number of hydrogen-bond donors (Lipinski definition) is 4. The Morgan fingerprint density at radius 2 is 1.31 bits per heavy atom. The van der Waals surface area contributed by atoms with Gasteiger partial charge >= 0.3 is 29.8 Å². The number of aliphatic hydroxyl groups is 4. The van der Waals surface area contributed by atoms with Crippen LogP contribution in [0.5, 0.6) is 0 Å². The van der Waals surface area contributed by atoms with E-state index in [0.29, 0.717) is 0 Å². The van der Waals surface area contributed by atoms with E-state index in [2.05, 4.69) is 0 Å². The first kappa shape index (κ1) is 38.6. The Morgan fingerprint density at radius 3 is 1.85 bits per heavy atom. The van der Waals surface area contributed by atoms with Crippen LogP contribution >= 0.6 is 11.6 Å². The van der Waals surface area contributed by atoms with Crippen LogP contribution in [0, 0.1) is 51.8 Å². The van der Waals surface area contributed by atoms with Crippen molar-refractivity contribution in [1.29, 1.82) is 0 Å². The molecule has 0 unspecified atom stereocenters. The normalized spacial score (nSPS) is 51.7. The van der Waals surface area contributed by atoms with Crippen LogP contribution in [0.1, 0.15) is 68.7 Å². The molecule has 4 saturated carbocycles. The van der Waals surface area contributed by atoms with Crippen LogP contribution in [0.2, 0.25) is 0 Å². The molecular weight excluding hydrogens is 708 g/mol. The molecule has 0 radical (unpaired) electrons. The number of rotatable bonds is 4. The van der Waals surface area contributed by atoms with E-state index >= 15 is 0 Å². The summed E-state index contributed by atoms with van der Waals surface area (Å²) in [5, 5.41) is 47.5. The third kappa shape index (κ3) is 4.64. The lowest BCUT2D eigenvalue weighted by Crippen LogP contribution is -2.81. The Labute approximate surface area is 305 Å². The zero-order valence-corrected chi connectivity index (χ0v) is 31.2. The smallest absolute Gasteiger partial charge is 0.343 e. The lowest BCUT2D eigenvalue weighted by molar-refractivity contribution is -0.307. The van der Waals surface area contributed by atoms with Crippen LogP contribution in [-0.4, -0.2) is 109 Å². The first-order valence-corrected chi connectivity index (χ1v) is 17.9. The predicted octanol–water partition coefficient (Wildman–Crippen LogP) is 0.728. The molecule has 4 N–H and O–H groups in total. The third-order valence-corrected chi connectivity index (χ3v) is 14.4. The first-order valence-electron chi connectivity index (χ1n) is 17.5. The van der Waals surface area contributed by atoms with Crippen LogP contribution in [0.15, 0.2) is 11.8 Å². The molecule has 6 aliphatic rings. The molecule has 0 aromatic heterocycles. The number of carbonyl (C=O) groups is 6. The quantitative estimate of drug-likeness (QED) is 0.176. The van der Waals surface area contributed by atoms with Crippen molar-refractivity contribution in [3.05, 3.63) is 11.8 Å². The Bertz CT molecular complexity index is 1660. The number of fused-ring (bicyclic) bond motifs is 9. The van der Waals surface area contributed by atoms with E-state index in [4.69, 9.17) is 35.3 Å². The molecular formula is C36H47ClO15. The van der Waals surface area contributed by atoms with Gasteiger partial charge in [0.05, 0.1) is 10.8 Å². The largest absolute Gasteiger partial charge is 0.462 e. The number of Topliss-reactive ketones (excluding diaryl/α,β-unsaturated/α-hetero) is 1. The van der Waals surface area contributed by atoms with Crippen LogP contribution in [0.25, 0.3) is 0 Å². The average Bonchev–Trinajstić information content (AvgIpc) is 3.37. The maximum absolute atomic E-state index is 14.5. The summed E-state index contributed by atoms with van der Waals surface area (Å²) in [6.07, 6.45) is -8.82. The van der Waals surface area contributed by atoms with Gasteiger partial charge < -0.3 is 44.1 Å². The summed E-state index contributed by atoms with van der Waals surface area (Å²) < 4.78 is 29.4. The molecule has 1 saturated heterocycles. The summed E-state index contributed by atoms with van der Waals surface area (Å²) in [5.74, 6) is -11.7. The number of carbonyl (C=O) groups excluding carboxylic acids is 6. The number of ketones is 1. The number of esters is 5. The molecule has 5 fully saturated rings. The van der Waals surface area contributed by atoms with Gasteiger partial charge in [0.2, 0.25) is 0 Å². The van der Waals surface area contributed by atoms with Gasteiger partial charge in [-0.25, -0.2) is 4.79 Å². The summed E-state index contributed by atoms with van der Waals surface area (Å²) in [7, 11) is 0. The number of alkyl halides is 1. The summed E-state index contributed by atoms with van der Waals surface area (Å²) in [6, 6.07) is 0. The minimum atomic E-state index is -2.62. The van der Waals surface area contributed by atoms with Crippen LogP contribution in [0.4, 0.5) is 0 Å². The van der Waals surface area contributed by atoms with Crippen molar-refractivity contribution in [3.63, 3.8) is 0 Å². The number of halogens is 1. The van der Waals surface area contributed by atoms with Gasteiger partial charge in [0.15, 0.2) is 11.4 Å². The summed E-state index contributed by atoms with van der Waals surface area (Å²) >= 11 is 6.58. The number of allylic oxidation sites excluding steroid dienone is 1. The van der Waals surface area contributed by atoms with Crippen molar-refractivity contribution in [2.45, 2.75) is 122 Å². The maximum Gasteiger partial charge on any atom is 0.343 e. The monoisotopic (exact) mass is 754 g/mol. The topological polar surface area (TPSA) is 229 Å². The molecule has 0 spiro atoms. The molecule has 0 bridgehead atoms. The Hall–Kier alpha value is -3.11. The van der Waals surface area contributed by atoms with Crippen LogP contribution < -0.4 is 0 Å². The highest BCUT2D eigenvalue weighted by Crippen LogP contribution is 2.75. The van der Waals surface area contributed by atoms with Crippen molar-refractivity contribution in [3.8, 4) is 0 Å². The fraction of sp³-hybridized carbons (Fsp3) is 0.778. The van der Waals surface area contributed by atoms with Gasteiger partial charge in [0.25, 0.3) is 0 Å². The molecule has 1 heterocycles. The molecule has 0 aromatic rings. The molecule has 6 rings (SSSR count). The molecule has 0 aromatic carbocycles. The molecule has 1 aliphatic heterocycles. The van der Waals surface area contributed by atoms with Gasteiger partial charge in [-0.05, 0) is 31.8 Å². The van der Waals surface area contributed by atoms with Gasteiger partial charge in [-0.15, -0.1) is 11.6 Å². The Morgan fingerprint density at radius 1 is 0.788 bits per heavy atom. The van der Waals surface area contributed by atoms with Crippen molar-refractivity contribution < 1.29 is 72.9 Å². The second kappa shape index (κ2) is 11.9. The summed E-state index contributed by atoms with van der Waals surface area (Å²) in [4.78, 5) is 79.3. The van der Waals surface area contributed by atoms with Crippen molar-refractivity contribution in [2.75, 3.05) is 0 Å². The van der Waals surface area contributed by atoms with E-state index in [1.54, 1.807) is 26.8 Å². The van der Waals surface area contributed by atoms with E-state index in [0.717, 1.165) is 27.7 Å². The van der Waals surface area contributed by atoms with Gasteiger partial charge in [-0.3, -0.25) is 24.0 Å². The highest BCUT2D eigenvalue weighted by atomic mass is 35.5. The number of aliphatic hydroxyl groups excluding tert-OH is 2. The lowest BCUT2D eigenvalue weighted by atomic mass is 9.39. The molecule has 52 heavy (non-hydrogen) atoms. The molecule has 15 nitrogen and oxygen atoms in total. The van der Waals surface area contributed by atoms with E-state index in [-0.39, 0.29) is 5.76 Å². The highest BCUT2D eigenvalue weighted by molar-refractivity contribution is 6.21. The molecule has 5 aliphatic carbocycles. The third-order valence-electron chi connectivity index (χ3n) is 14.0. The minimum absolute atomic E-state index is 0.120. The van der Waals surface area contributed by atoms with E-state index in [1.165, 1.54) is 13.8 Å². The maximum atomic E-state index is 14.5. The highest BCUT2D eigenvalue weighted by Gasteiger charge is 2.84. The predicted molar refractivity (Wildman–Crippen MR) is 174 cm³/mol. The molecule has 288 valence electrons. The Balaban J connectivity index is 1.70. The zero-order chi connectivity index (χ0) is 39.0. The Kier molecular flexibility index (Phi) is 8.87. The number of hydrogen-bond acceptors (Lipinski definition) is 15. The molecule has 0 amide bonds. The van der Waals surface area contributed by atoms with Crippen molar-refractivity contribution in [1.82, 2.24) is 0 Å². The van der Waals surface area contributed by atoms with Gasteiger partial charge in [0.1, 0.15) is 48.0 Å². The fourth-order valence-electron chi connectivity index (χ4n) is 11.9.